The first-order valence-electron chi connectivity index (χ1n) is 8.83. The molecule has 3 aromatic rings. The van der Waals surface area contributed by atoms with Gasteiger partial charge in [-0.25, -0.2) is 9.96 Å². The van der Waals surface area contributed by atoms with E-state index in [0.717, 1.165) is 10.6 Å². The molecule has 0 bridgehead atoms. The molecule has 2 fully saturated rings. The first-order chi connectivity index (χ1) is 13.6. The molecule has 7 heteroatoms. The number of nitrogens with zero attached hydrogens (tertiary/aromatic N) is 2. The smallest absolute Gasteiger partial charge is 0.266 e. The summed E-state index contributed by atoms with van der Waals surface area (Å²) < 4.78 is 0. The topological polar surface area (TPSA) is 49.9 Å². The first-order valence-corrected chi connectivity index (χ1v) is 10.1. The number of fused-ring (bicyclic) bond motifs is 1. The molecule has 140 valence electrons. The minimum absolute atomic E-state index is 0.255. The lowest BCUT2D eigenvalue weighted by atomic mass is 9.95. The molecule has 3 atom stereocenters. The van der Waals surface area contributed by atoms with Crippen molar-refractivity contribution in [2.24, 2.45) is 5.92 Å². The van der Waals surface area contributed by atoms with Gasteiger partial charge >= 0.3 is 0 Å². The molecule has 2 aliphatic heterocycles. The highest BCUT2D eigenvalue weighted by Crippen LogP contribution is 2.48. The normalized spacial score (nSPS) is 24.1. The average Bonchev–Trinajstić information content (AvgIpc) is 3.42. The summed E-state index contributed by atoms with van der Waals surface area (Å²) in [5.74, 6) is -1.21. The van der Waals surface area contributed by atoms with Crippen molar-refractivity contribution in [1.29, 1.82) is 0 Å². The van der Waals surface area contributed by atoms with Crippen molar-refractivity contribution >= 4 is 46.1 Å². The van der Waals surface area contributed by atoms with Gasteiger partial charge in [-0.15, -0.1) is 11.3 Å². The SMILES string of the molecule is O=C1[C@@H]2[C@H](ON(c3ccccc3)[C@H]2c2cccs2)C(=O)N1c1ccc(Cl)cc1. The number of hydroxylamine groups is 1. The van der Waals surface area contributed by atoms with Gasteiger partial charge in [-0.3, -0.25) is 14.4 Å². The fraction of sp³-hybridized carbons (Fsp3) is 0.143. The number of carbonyl (C=O) groups excluding carboxylic acids is 2. The molecule has 1 aromatic heterocycles. The van der Waals surface area contributed by atoms with E-state index in [1.54, 1.807) is 40.7 Å². The summed E-state index contributed by atoms with van der Waals surface area (Å²) >= 11 is 7.49. The Kier molecular flexibility index (Phi) is 4.19. The zero-order chi connectivity index (χ0) is 19.3. The van der Waals surface area contributed by atoms with Gasteiger partial charge < -0.3 is 0 Å². The summed E-state index contributed by atoms with van der Waals surface area (Å²) in [6, 6.07) is 19.8. The zero-order valence-corrected chi connectivity index (χ0v) is 16.1. The first kappa shape index (κ1) is 17.4. The number of halogens is 1. The third-order valence-electron chi connectivity index (χ3n) is 5.05. The Balaban J connectivity index is 1.56. The van der Waals surface area contributed by atoms with Crippen molar-refractivity contribution in [1.82, 2.24) is 0 Å². The van der Waals surface area contributed by atoms with Crippen LogP contribution in [0.3, 0.4) is 0 Å². The van der Waals surface area contributed by atoms with Crippen LogP contribution in [0.2, 0.25) is 5.02 Å². The summed E-state index contributed by atoms with van der Waals surface area (Å²) in [7, 11) is 0. The second-order valence-corrected chi connectivity index (χ2v) is 8.08. The number of amides is 2. The number of hydrogen-bond donors (Lipinski definition) is 0. The van der Waals surface area contributed by atoms with Crippen LogP contribution in [0.15, 0.2) is 72.1 Å². The van der Waals surface area contributed by atoms with E-state index in [1.165, 1.54) is 4.90 Å². The van der Waals surface area contributed by atoms with E-state index in [2.05, 4.69) is 0 Å². The Morgan fingerprint density at radius 2 is 1.61 bits per heavy atom. The molecule has 0 N–H and O–H groups in total. The molecule has 2 amide bonds. The van der Waals surface area contributed by atoms with E-state index in [0.29, 0.717) is 10.7 Å². The Bertz CT molecular complexity index is 1020. The van der Waals surface area contributed by atoms with E-state index in [1.807, 2.05) is 47.8 Å². The Morgan fingerprint density at radius 3 is 2.29 bits per heavy atom. The second-order valence-electron chi connectivity index (χ2n) is 6.66. The standard InChI is InChI=1S/C21H15ClN2O3S/c22-13-8-10-14(11-9-13)23-20(25)17-18(16-7-4-12-28-16)24(27-19(17)21(23)26)15-5-2-1-3-6-15/h1-12,17-19H/t17-,18-,19-/m0/s1. The Labute approximate surface area is 170 Å². The predicted octanol–water partition coefficient (Wildman–Crippen LogP) is 4.45. The molecule has 0 radical (unpaired) electrons. The van der Waals surface area contributed by atoms with Crippen LogP contribution in [-0.4, -0.2) is 17.9 Å². The molecule has 3 heterocycles. The van der Waals surface area contributed by atoms with Crippen molar-refractivity contribution < 1.29 is 14.4 Å². The summed E-state index contributed by atoms with van der Waals surface area (Å²) in [5.41, 5.74) is 1.32. The number of rotatable bonds is 3. The number of para-hydroxylation sites is 1. The van der Waals surface area contributed by atoms with Crippen LogP contribution in [-0.2, 0) is 14.4 Å². The van der Waals surface area contributed by atoms with Crippen LogP contribution in [0.5, 0.6) is 0 Å². The molecule has 5 rings (SSSR count). The summed E-state index contributed by atoms with van der Waals surface area (Å²) in [5, 5.41) is 4.21. The van der Waals surface area contributed by atoms with Gasteiger partial charge in [-0.2, -0.15) is 0 Å². The highest BCUT2D eigenvalue weighted by atomic mass is 35.5. The van der Waals surface area contributed by atoms with Crippen LogP contribution < -0.4 is 9.96 Å². The highest BCUT2D eigenvalue weighted by molar-refractivity contribution is 7.10. The molecule has 0 saturated carbocycles. The summed E-state index contributed by atoms with van der Waals surface area (Å²) in [4.78, 5) is 34.7. The van der Waals surface area contributed by atoms with Gasteiger partial charge in [0.15, 0.2) is 6.10 Å². The van der Waals surface area contributed by atoms with Crippen molar-refractivity contribution in [3.05, 3.63) is 82.0 Å². The van der Waals surface area contributed by atoms with Crippen molar-refractivity contribution in [3.63, 3.8) is 0 Å². The molecular weight excluding hydrogens is 396 g/mol. The lowest BCUT2D eigenvalue weighted by Gasteiger charge is -2.27. The van der Waals surface area contributed by atoms with E-state index < -0.39 is 12.0 Å². The van der Waals surface area contributed by atoms with Crippen LogP contribution in [0, 0.1) is 5.92 Å². The van der Waals surface area contributed by atoms with Crippen LogP contribution in [0.4, 0.5) is 11.4 Å². The molecule has 5 nitrogen and oxygen atoms in total. The van der Waals surface area contributed by atoms with Gasteiger partial charge in [0.2, 0.25) is 5.91 Å². The predicted molar refractivity (Wildman–Crippen MR) is 108 cm³/mol. The second kappa shape index (κ2) is 6.74. The lowest BCUT2D eigenvalue weighted by Crippen LogP contribution is -2.37. The van der Waals surface area contributed by atoms with Gasteiger partial charge in [-0.1, -0.05) is 35.9 Å². The molecule has 2 aliphatic rings. The number of imide groups is 1. The molecular formula is C21H15ClN2O3S. The molecule has 28 heavy (non-hydrogen) atoms. The van der Waals surface area contributed by atoms with Gasteiger partial charge in [0, 0.05) is 9.90 Å². The molecule has 0 spiro atoms. The van der Waals surface area contributed by atoms with E-state index in [9.17, 15) is 9.59 Å². The van der Waals surface area contributed by atoms with Crippen LogP contribution in [0.25, 0.3) is 0 Å². The minimum Gasteiger partial charge on any atom is -0.273 e. The molecule has 2 saturated heterocycles. The third-order valence-corrected chi connectivity index (χ3v) is 6.24. The molecule has 0 unspecified atom stereocenters. The summed E-state index contributed by atoms with van der Waals surface area (Å²) in [6.07, 6.45) is -0.851. The van der Waals surface area contributed by atoms with Crippen LogP contribution in [0.1, 0.15) is 10.9 Å². The quantitative estimate of drug-likeness (QED) is 0.598. The van der Waals surface area contributed by atoms with E-state index >= 15 is 0 Å². The van der Waals surface area contributed by atoms with Crippen molar-refractivity contribution in [2.75, 3.05) is 9.96 Å². The Hall–Kier alpha value is -2.67. The number of benzene rings is 2. The number of anilines is 2. The third kappa shape index (κ3) is 2.64. The maximum Gasteiger partial charge on any atom is 0.266 e. The lowest BCUT2D eigenvalue weighted by molar-refractivity contribution is -0.126. The highest BCUT2D eigenvalue weighted by Gasteiger charge is 2.60. The van der Waals surface area contributed by atoms with Crippen molar-refractivity contribution in [3.8, 4) is 0 Å². The zero-order valence-electron chi connectivity index (χ0n) is 14.6. The maximum absolute atomic E-state index is 13.3. The monoisotopic (exact) mass is 410 g/mol. The van der Waals surface area contributed by atoms with E-state index in [-0.39, 0.29) is 17.9 Å². The van der Waals surface area contributed by atoms with Crippen LogP contribution >= 0.6 is 22.9 Å². The number of carbonyl (C=O) groups is 2. The van der Waals surface area contributed by atoms with Gasteiger partial charge in [-0.05, 0) is 47.8 Å². The largest absolute Gasteiger partial charge is 0.273 e. The van der Waals surface area contributed by atoms with Crippen molar-refractivity contribution in [2.45, 2.75) is 12.1 Å². The maximum atomic E-state index is 13.3. The van der Waals surface area contributed by atoms with E-state index in [4.69, 9.17) is 16.4 Å². The van der Waals surface area contributed by atoms with Gasteiger partial charge in [0.25, 0.3) is 5.91 Å². The fourth-order valence-electron chi connectivity index (χ4n) is 3.81. The number of thiophene rings is 1. The summed E-state index contributed by atoms with van der Waals surface area (Å²) in [6.45, 7) is 0. The number of hydrogen-bond acceptors (Lipinski definition) is 5. The average molecular weight is 411 g/mol. The fourth-order valence-corrected chi connectivity index (χ4v) is 4.79. The molecule has 0 aliphatic carbocycles. The molecule has 2 aromatic carbocycles. The van der Waals surface area contributed by atoms with Gasteiger partial charge in [0.1, 0.15) is 12.0 Å². The Morgan fingerprint density at radius 1 is 0.857 bits per heavy atom. The minimum atomic E-state index is -0.851. The van der Waals surface area contributed by atoms with Gasteiger partial charge in [0.05, 0.1) is 11.4 Å².